The van der Waals surface area contributed by atoms with Crippen LogP contribution in [-0.2, 0) is 6.54 Å². The van der Waals surface area contributed by atoms with Gasteiger partial charge in [-0.2, -0.15) is 0 Å². The van der Waals surface area contributed by atoms with Gasteiger partial charge in [0.05, 0.1) is 0 Å². The van der Waals surface area contributed by atoms with Gasteiger partial charge in [-0.15, -0.1) is 0 Å². The number of nitrogens with one attached hydrogen (secondary N) is 1. The van der Waals surface area contributed by atoms with Gasteiger partial charge in [0.15, 0.2) is 0 Å². The molecule has 0 aliphatic heterocycles. The molecule has 0 atom stereocenters. The average molecular weight is 291 g/mol. The molecule has 0 spiro atoms. The van der Waals surface area contributed by atoms with Crippen LogP contribution in [0.25, 0.3) is 0 Å². The van der Waals surface area contributed by atoms with Crippen LogP contribution >= 0.6 is 0 Å². The third-order valence-corrected chi connectivity index (χ3v) is 3.61. The molecule has 0 fully saturated rings. The van der Waals surface area contributed by atoms with E-state index in [0.717, 1.165) is 26.2 Å². The average Bonchev–Trinajstić information content (AvgIpc) is 2.37. The Labute approximate surface area is 131 Å². The van der Waals surface area contributed by atoms with Gasteiger partial charge >= 0.3 is 0 Å². The summed E-state index contributed by atoms with van der Waals surface area (Å²) in [5.41, 5.74) is 4.10. The van der Waals surface area contributed by atoms with E-state index < -0.39 is 0 Å². The molecule has 21 heavy (non-hydrogen) atoms. The van der Waals surface area contributed by atoms with Crippen molar-refractivity contribution in [2.45, 2.75) is 33.7 Å². The van der Waals surface area contributed by atoms with Crippen LogP contribution in [0, 0.1) is 12.8 Å². The maximum absolute atomic E-state index is 3.56. The molecule has 3 nitrogen and oxygen atoms in total. The molecule has 1 aromatic carbocycles. The van der Waals surface area contributed by atoms with Gasteiger partial charge in [0.25, 0.3) is 0 Å². The van der Waals surface area contributed by atoms with Crippen molar-refractivity contribution in [3.63, 3.8) is 0 Å². The highest BCUT2D eigenvalue weighted by Crippen LogP contribution is 2.21. The van der Waals surface area contributed by atoms with Gasteiger partial charge in [0, 0.05) is 25.8 Å². The SMILES string of the molecule is Cc1ccc(N(C)CCCN(C)C)c(CNCC(C)C)c1. The highest BCUT2D eigenvalue weighted by molar-refractivity contribution is 5.54. The van der Waals surface area contributed by atoms with E-state index in [1.54, 1.807) is 0 Å². The second-order valence-electron chi connectivity index (χ2n) is 6.74. The smallest absolute Gasteiger partial charge is 0.0409 e. The van der Waals surface area contributed by atoms with E-state index in [4.69, 9.17) is 0 Å². The van der Waals surface area contributed by atoms with Gasteiger partial charge < -0.3 is 15.1 Å². The molecule has 0 aliphatic rings. The Hall–Kier alpha value is -1.06. The number of hydrogen-bond acceptors (Lipinski definition) is 3. The summed E-state index contributed by atoms with van der Waals surface area (Å²) < 4.78 is 0. The Kier molecular flexibility index (Phi) is 7.76. The first-order valence-electron chi connectivity index (χ1n) is 8.06. The van der Waals surface area contributed by atoms with Crippen LogP contribution < -0.4 is 10.2 Å². The van der Waals surface area contributed by atoms with E-state index >= 15 is 0 Å². The van der Waals surface area contributed by atoms with Crippen LogP contribution in [0.15, 0.2) is 18.2 Å². The van der Waals surface area contributed by atoms with Crippen molar-refractivity contribution in [2.75, 3.05) is 45.7 Å². The minimum atomic E-state index is 0.691. The largest absolute Gasteiger partial charge is 0.374 e. The molecule has 0 unspecified atom stereocenters. The second-order valence-corrected chi connectivity index (χ2v) is 6.74. The summed E-state index contributed by atoms with van der Waals surface area (Å²) in [5, 5.41) is 3.56. The van der Waals surface area contributed by atoms with Crippen molar-refractivity contribution in [3.8, 4) is 0 Å². The van der Waals surface area contributed by atoms with E-state index in [0.29, 0.717) is 5.92 Å². The first kappa shape index (κ1) is 18.0. The summed E-state index contributed by atoms with van der Waals surface area (Å²) in [4.78, 5) is 4.63. The number of benzene rings is 1. The van der Waals surface area contributed by atoms with E-state index in [2.05, 4.69) is 75.2 Å². The van der Waals surface area contributed by atoms with Crippen molar-refractivity contribution in [1.29, 1.82) is 0 Å². The fourth-order valence-electron chi connectivity index (χ4n) is 2.47. The summed E-state index contributed by atoms with van der Waals surface area (Å²) in [5.74, 6) is 0.691. The van der Waals surface area contributed by atoms with Crippen LogP contribution in [-0.4, -0.2) is 45.7 Å². The van der Waals surface area contributed by atoms with Crippen LogP contribution in [0.4, 0.5) is 5.69 Å². The summed E-state index contributed by atoms with van der Waals surface area (Å²) in [6.07, 6.45) is 1.19. The van der Waals surface area contributed by atoms with Gasteiger partial charge in [-0.3, -0.25) is 0 Å². The Morgan fingerprint density at radius 1 is 1.10 bits per heavy atom. The molecule has 0 bridgehead atoms. The molecule has 0 radical (unpaired) electrons. The molecule has 0 heterocycles. The van der Waals surface area contributed by atoms with Crippen LogP contribution in [0.5, 0.6) is 0 Å². The molecular weight excluding hydrogens is 258 g/mol. The number of hydrogen-bond donors (Lipinski definition) is 1. The van der Waals surface area contributed by atoms with Crippen LogP contribution in [0.2, 0.25) is 0 Å². The fraction of sp³-hybridized carbons (Fsp3) is 0.667. The van der Waals surface area contributed by atoms with Gasteiger partial charge in [-0.1, -0.05) is 31.5 Å². The highest BCUT2D eigenvalue weighted by Gasteiger charge is 2.08. The normalized spacial score (nSPS) is 11.4. The van der Waals surface area contributed by atoms with E-state index in [1.807, 2.05) is 0 Å². The van der Waals surface area contributed by atoms with Crippen molar-refractivity contribution >= 4 is 5.69 Å². The quantitative estimate of drug-likeness (QED) is 0.754. The maximum atomic E-state index is 3.56. The predicted molar refractivity (Wildman–Crippen MR) is 94.2 cm³/mol. The standard InChI is InChI=1S/C18H33N3/c1-15(2)13-19-14-17-12-16(3)8-9-18(17)21(6)11-7-10-20(4)5/h8-9,12,15,19H,7,10-11,13-14H2,1-6H3. The number of rotatable bonds is 9. The molecule has 3 heteroatoms. The molecule has 0 amide bonds. The minimum absolute atomic E-state index is 0.691. The van der Waals surface area contributed by atoms with Crippen LogP contribution in [0.1, 0.15) is 31.4 Å². The molecule has 0 saturated heterocycles. The van der Waals surface area contributed by atoms with Gasteiger partial charge in [-0.25, -0.2) is 0 Å². The molecule has 1 aromatic rings. The summed E-state index contributed by atoms with van der Waals surface area (Å²) in [6.45, 7) is 10.9. The van der Waals surface area contributed by atoms with Crippen molar-refractivity contribution in [1.82, 2.24) is 10.2 Å². The molecule has 1 rings (SSSR count). The van der Waals surface area contributed by atoms with Crippen molar-refractivity contribution in [2.24, 2.45) is 5.92 Å². The summed E-state index contributed by atoms with van der Waals surface area (Å²) >= 11 is 0. The Morgan fingerprint density at radius 3 is 2.43 bits per heavy atom. The summed E-state index contributed by atoms with van der Waals surface area (Å²) in [6, 6.07) is 6.78. The fourth-order valence-corrected chi connectivity index (χ4v) is 2.47. The Balaban J connectivity index is 2.66. The lowest BCUT2D eigenvalue weighted by Crippen LogP contribution is -2.26. The lowest BCUT2D eigenvalue weighted by Gasteiger charge is -2.24. The predicted octanol–water partition coefficient (Wildman–Crippen LogP) is 3.13. The zero-order valence-corrected chi connectivity index (χ0v) is 14.7. The number of anilines is 1. The monoisotopic (exact) mass is 291 g/mol. The third-order valence-electron chi connectivity index (χ3n) is 3.61. The van der Waals surface area contributed by atoms with Gasteiger partial charge in [0.2, 0.25) is 0 Å². The topological polar surface area (TPSA) is 18.5 Å². The number of nitrogens with zero attached hydrogens (tertiary/aromatic N) is 2. The summed E-state index contributed by atoms with van der Waals surface area (Å²) in [7, 11) is 6.46. The lowest BCUT2D eigenvalue weighted by molar-refractivity contribution is 0.401. The molecule has 120 valence electrons. The molecule has 0 aliphatic carbocycles. The molecule has 0 saturated carbocycles. The van der Waals surface area contributed by atoms with E-state index in [1.165, 1.54) is 23.2 Å². The third kappa shape index (κ3) is 6.96. The van der Waals surface area contributed by atoms with Crippen LogP contribution in [0.3, 0.4) is 0 Å². The number of aryl methyl sites for hydroxylation is 1. The van der Waals surface area contributed by atoms with Gasteiger partial charge in [-0.05, 0) is 58.1 Å². The van der Waals surface area contributed by atoms with Crippen molar-refractivity contribution in [3.05, 3.63) is 29.3 Å². The molecular formula is C18H33N3. The maximum Gasteiger partial charge on any atom is 0.0409 e. The second kappa shape index (κ2) is 9.06. The zero-order valence-electron chi connectivity index (χ0n) is 14.7. The van der Waals surface area contributed by atoms with E-state index in [-0.39, 0.29) is 0 Å². The zero-order chi connectivity index (χ0) is 15.8. The Morgan fingerprint density at radius 2 is 1.81 bits per heavy atom. The molecule has 0 aromatic heterocycles. The first-order valence-corrected chi connectivity index (χ1v) is 8.06. The lowest BCUT2D eigenvalue weighted by atomic mass is 10.1. The molecule has 1 N–H and O–H groups in total. The van der Waals surface area contributed by atoms with E-state index in [9.17, 15) is 0 Å². The van der Waals surface area contributed by atoms with Gasteiger partial charge in [0.1, 0.15) is 0 Å². The van der Waals surface area contributed by atoms with Crippen molar-refractivity contribution < 1.29 is 0 Å². The minimum Gasteiger partial charge on any atom is -0.374 e. The Bertz CT molecular complexity index is 413. The highest BCUT2D eigenvalue weighted by atomic mass is 15.1. The first-order chi connectivity index (χ1) is 9.90.